The highest BCUT2D eigenvalue weighted by atomic mass is 16.3. The molecule has 1 heterocycles. The lowest BCUT2D eigenvalue weighted by Gasteiger charge is -2.36. The molecule has 1 N–H and O–H groups in total. The maximum atomic E-state index is 10.7. The second-order valence-electron chi connectivity index (χ2n) is 5.84. The molecule has 2 rings (SSSR count). The Morgan fingerprint density at radius 3 is 2.67 bits per heavy atom. The highest BCUT2D eigenvalue weighted by Gasteiger charge is 2.33. The lowest BCUT2D eigenvalue weighted by Crippen LogP contribution is -2.36. The van der Waals surface area contributed by atoms with Crippen LogP contribution in [0.5, 0.6) is 0 Å². The molecule has 0 bridgehead atoms. The van der Waals surface area contributed by atoms with Gasteiger partial charge in [0, 0.05) is 19.2 Å². The molecule has 0 atom stereocenters. The van der Waals surface area contributed by atoms with Gasteiger partial charge in [0.25, 0.3) is 0 Å². The third-order valence-electron chi connectivity index (χ3n) is 4.28. The fourth-order valence-electron chi connectivity index (χ4n) is 3.14. The molecule has 0 amide bonds. The molecule has 102 valence electrons. The molecule has 1 aliphatic carbocycles. The summed E-state index contributed by atoms with van der Waals surface area (Å²) in [6.45, 7) is 5.23. The van der Waals surface area contributed by atoms with E-state index < -0.39 is 5.60 Å². The number of nitrogens with zero attached hydrogens (tertiary/aromatic N) is 2. The molecule has 1 aliphatic rings. The minimum Gasteiger partial charge on any atom is -0.390 e. The van der Waals surface area contributed by atoms with Crippen molar-refractivity contribution in [2.75, 3.05) is 0 Å². The summed E-state index contributed by atoms with van der Waals surface area (Å²) in [5.41, 5.74) is 0.694. The molecule has 0 radical (unpaired) electrons. The van der Waals surface area contributed by atoms with Crippen LogP contribution in [-0.2, 0) is 13.0 Å². The van der Waals surface area contributed by atoms with E-state index in [0.29, 0.717) is 0 Å². The first-order chi connectivity index (χ1) is 8.65. The summed E-state index contributed by atoms with van der Waals surface area (Å²) in [5, 5.41) is 14.9. The van der Waals surface area contributed by atoms with E-state index in [-0.39, 0.29) is 0 Å². The van der Waals surface area contributed by atoms with Gasteiger partial charge in [0.05, 0.1) is 11.8 Å². The van der Waals surface area contributed by atoms with E-state index in [9.17, 15) is 5.11 Å². The summed E-state index contributed by atoms with van der Waals surface area (Å²) in [6, 6.07) is 0. The van der Waals surface area contributed by atoms with Crippen molar-refractivity contribution in [2.45, 2.75) is 70.9 Å². The van der Waals surface area contributed by atoms with Crippen LogP contribution in [0, 0.1) is 5.92 Å². The van der Waals surface area contributed by atoms with Gasteiger partial charge in [-0.05, 0) is 44.1 Å². The van der Waals surface area contributed by atoms with E-state index in [1.54, 1.807) is 0 Å². The van der Waals surface area contributed by atoms with Crippen LogP contribution in [0.15, 0.2) is 12.4 Å². The first-order valence-electron chi connectivity index (χ1n) is 7.39. The number of hydrogen-bond donors (Lipinski definition) is 1. The molecule has 18 heavy (non-hydrogen) atoms. The minimum absolute atomic E-state index is 0.480. The third-order valence-corrected chi connectivity index (χ3v) is 4.28. The molecule has 0 aromatic carbocycles. The third kappa shape index (κ3) is 3.35. The Hall–Kier alpha value is -0.830. The minimum atomic E-state index is -0.480. The van der Waals surface area contributed by atoms with Crippen molar-refractivity contribution in [3.8, 4) is 0 Å². The van der Waals surface area contributed by atoms with E-state index >= 15 is 0 Å². The van der Waals surface area contributed by atoms with Crippen molar-refractivity contribution in [1.29, 1.82) is 0 Å². The smallest absolute Gasteiger partial charge is 0.0689 e. The topological polar surface area (TPSA) is 38.1 Å². The zero-order valence-electron chi connectivity index (χ0n) is 11.7. The van der Waals surface area contributed by atoms with Crippen molar-refractivity contribution >= 4 is 0 Å². The summed E-state index contributed by atoms with van der Waals surface area (Å²) in [6.07, 6.45) is 11.6. The molecule has 1 aromatic rings. The van der Waals surface area contributed by atoms with Gasteiger partial charge in [-0.25, -0.2) is 0 Å². The van der Waals surface area contributed by atoms with Crippen LogP contribution in [0.2, 0.25) is 0 Å². The van der Waals surface area contributed by atoms with E-state index in [1.807, 2.05) is 10.9 Å². The summed E-state index contributed by atoms with van der Waals surface area (Å²) < 4.78 is 1.93. The number of aliphatic hydroxyl groups is 1. The van der Waals surface area contributed by atoms with Crippen molar-refractivity contribution in [1.82, 2.24) is 9.78 Å². The van der Waals surface area contributed by atoms with Crippen LogP contribution >= 0.6 is 0 Å². The zero-order chi connectivity index (χ0) is 13.0. The van der Waals surface area contributed by atoms with E-state index in [0.717, 1.165) is 31.7 Å². The zero-order valence-corrected chi connectivity index (χ0v) is 11.7. The average molecular weight is 250 g/mol. The van der Waals surface area contributed by atoms with E-state index in [4.69, 9.17) is 0 Å². The Balaban J connectivity index is 1.89. The Kier molecular flexibility index (Phi) is 4.44. The van der Waals surface area contributed by atoms with Gasteiger partial charge in [-0.3, -0.25) is 4.68 Å². The number of aromatic nitrogens is 2. The largest absolute Gasteiger partial charge is 0.390 e. The lowest BCUT2D eigenvalue weighted by molar-refractivity contribution is -0.00988. The van der Waals surface area contributed by atoms with Gasteiger partial charge in [0.1, 0.15) is 0 Å². The molecular formula is C15H26N2O. The summed E-state index contributed by atoms with van der Waals surface area (Å²) in [7, 11) is 0. The second-order valence-corrected chi connectivity index (χ2v) is 5.84. The predicted molar refractivity (Wildman–Crippen MR) is 73.4 cm³/mol. The number of rotatable bonds is 5. The van der Waals surface area contributed by atoms with Crippen molar-refractivity contribution in [3.63, 3.8) is 0 Å². The van der Waals surface area contributed by atoms with Gasteiger partial charge in [0.15, 0.2) is 0 Å². The van der Waals surface area contributed by atoms with Gasteiger partial charge in [0.2, 0.25) is 0 Å². The van der Waals surface area contributed by atoms with Crippen LogP contribution in [0.4, 0.5) is 0 Å². The average Bonchev–Trinajstić information content (AvgIpc) is 2.80. The first-order valence-corrected chi connectivity index (χ1v) is 7.39. The van der Waals surface area contributed by atoms with Crippen molar-refractivity contribution < 1.29 is 5.11 Å². The Morgan fingerprint density at radius 2 is 2.11 bits per heavy atom. The highest BCUT2D eigenvalue weighted by Crippen LogP contribution is 2.36. The van der Waals surface area contributed by atoms with Gasteiger partial charge < -0.3 is 5.11 Å². The molecule has 0 aliphatic heterocycles. The Morgan fingerprint density at radius 1 is 1.39 bits per heavy atom. The second kappa shape index (κ2) is 5.87. The Labute approximate surface area is 110 Å². The molecule has 1 fully saturated rings. The molecule has 0 unspecified atom stereocenters. The quantitative estimate of drug-likeness (QED) is 0.871. The number of aryl methyl sites for hydroxylation is 1. The van der Waals surface area contributed by atoms with Gasteiger partial charge in [-0.15, -0.1) is 0 Å². The summed E-state index contributed by atoms with van der Waals surface area (Å²) in [4.78, 5) is 0. The molecule has 1 aromatic heterocycles. The number of hydrogen-bond acceptors (Lipinski definition) is 2. The van der Waals surface area contributed by atoms with Crippen LogP contribution in [0.25, 0.3) is 0 Å². The fraction of sp³-hybridized carbons (Fsp3) is 0.800. The van der Waals surface area contributed by atoms with E-state index in [2.05, 4.69) is 25.1 Å². The van der Waals surface area contributed by atoms with Crippen LogP contribution in [0.3, 0.4) is 0 Å². The van der Waals surface area contributed by atoms with Crippen molar-refractivity contribution in [3.05, 3.63) is 18.0 Å². The monoisotopic (exact) mass is 250 g/mol. The molecule has 3 heteroatoms. The predicted octanol–water partition coefficient (Wildman–Crippen LogP) is 3.17. The highest BCUT2D eigenvalue weighted by molar-refractivity contribution is 5.09. The maximum absolute atomic E-state index is 10.7. The molecule has 0 spiro atoms. The first kappa shape index (κ1) is 13.6. The maximum Gasteiger partial charge on any atom is 0.0689 e. The molecular weight excluding hydrogens is 224 g/mol. The fourth-order valence-corrected chi connectivity index (χ4v) is 3.14. The normalized spacial score (nSPS) is 28.5. The molecule has 1 saturated carbocycles. The van der Waals surface area contributed by atoms with Gasteiger partial charge in [-0.2, -0.15) is 5.10 Å². The standard InChI is InChI=1S/C15H26N2O/c1-3-5-13-6-8-15(18,9-7-13)10-14-11-16-17(4-2)12-14/h11-13,18H,3-10H2,1-2H3. The SMILES string of the molecule is CCCC1CCC(O)(Cc2cnn(CC)c2)CC1. The van der Waals surface area contributed by atoms with Crippen LogP contribution in [0.1, 0.15) is 57.9 Å². The van der Waals surface area contributed by atoms with Crippen LogP contribution in [-0.4, -0.2) is 20.5 Å². The van der Waals surface area contributed by atoms with Crippen LogP contribution < -0.4 is 0 Å². The molecule has 0 saturated heterocycles. The lowest BCUT2D eigenvalue weighted by atomic mass is 9.75. The van der Waals surface area contributed by atoms with Gasteiger partial charge >= 0.3 is 0 Å². The Bertz CT molecular complexity index is 364. The summed E-state index contributed by atoms with van der Waals surface area (Å²) >= 11 is 0. The van der Waals surface area contributed by atoms with E-state index in [1.165, 1.54) is 31.2 Å². The summed E-state index contributed by atoms with van der Waals surface area (Å²) in [5.74, 6) is 0.841. The van der Waals surface area contributed by atoms with Gasteiger partial charge in [-0.1, -0.05) is 19.8 Å². The molecule has 3 nitrogen and oxygen atoms in total. The van der Waals surface area contributed by atoms with Crippen molar-refractivity contribution in [2.24, 2.45) is 5.92 Å².